The Bertz CT molecular complexity index is 510. The lowest BCUT2D eigenvalue weighted by molar-refractivity contribution is 0.281. The Morgan fingerprint density at radius 2 is 2.11 bits per heavy atom. The third-order valence-corrected chi connectivity index (χ3v) is 2.84. The fourth-order valence-corrected chi connectivity index (χ4v) is 1.97. The number of ether oxygens (including phenoxy) is 1. The number of benzene rings is 1. The first kappa shape index (κ1) is 12.6. The van der Waals surface area contributed by atoms with Crippen LogP contribution in [-0.2, 0) is 6.61 Å². The van der Waals surface area contributed by atoms with Gasteiger partial charge in [-0.05, 0) is 43.7 Å². The van der Waals surface area contributed by atoms with Crippen molar-refractivity contribution in [1.29, 1.82) is 0 Å². The quantitative estimate of drug-likeness (QED) is 0.902. The maximum atomic E-state index is 9.28. The van der Waals surface area contributed by atoms with Crippen LogP contribution in [0.1, 0.15) is 25.5 Å². The van der Waals surface area contributed by atoms with E-state index < -0.39 is 0 Å². The van der Waals surface area contributed by atoms with Crippen LogP contribution in [-0.4, -0.2) is 22.0 Å². The summed E-state index contributed by atoms with van der Waals surface area (Å²) in [5.41, 5.74) is 2.86. The summed E-state index contributed by atoms with van der Waals surface area (Å²) in [5, 5.41) is 13.6. The van der Waals surface area contributed by atoms with Crippen LogP contribution in [0.25, 0.3) is 11.3 Å². The van der Waals surface area contributed by atoms with Crippen LogP contribution in [0.5, 0.6) is 5.75 Å². The van der Waals surface area contributed by atoms with Crippen molar-refractivity contribution < 1.29 is 9.84 Å². The van der Waals surface area contributed by atoms with Gasteiger partial charge in [0.1, 0.15) is 5.75 Å². The molecule has 0 aliphatic carbocycles. The molecule has 1 heterocycles. The van der Waals surface area contributed by atoms with E-state index in [2.05, 4.69) is 18.9 Å². The second kappa shape index (κ2) is 5.23. The summed E-state index contributed by atoms with van der Waals surface area (Å²) < 4.78 is 7.21. The lowest BCUT2D eigenvalue weighted by atomic mass is 10.1. The van der Waals surface area contributed by atoms with Crippen molar-refractivity contribution in [2.75, 3.05) is 7.11 Å². The van der Waals surface area contributed by atoms with Crippen molar-refractivity contribution in [3.63, 3.8) is 0 Å². The number of hydrogen-bond acceptors (Lipinski definition) is 3. The van der Waals surface area contributed by atoms with E-state index in [-0.39, 0.29) is 6.61 Å². The van der Waals surface area contributed by atoms with E-state index in [1.807, 2.05) is 28.9 Å². The number of hydrogen-bond donors (Lipinski definition) is 1. The second-order valence-corrected chi connectivity index (χ2v) is 4.48. The maximum Gasteiger partial charge on any atom is 0.119 e. The van der Waals surface area contributed by atoms with E-state index in [4.69, 9.17) is 4.74 Å². The Hall–Kier alpha value is -1.81. The number of methoxy groups -OCH3 is 1. The fourth-order valence-electron chi connectivity index (χ4n) is 1.97. The molecule has 4 heteroatoms. The summed E-state index contributed by atoms with van der Waals surface area (Å²) in [7, 11) is 1.63. The lowest BCUT2D eigenvalue weighted by Gasteiger charge is -2.13. The first-order valence-corrected chi connectivity index (χ1v) is 5.98. The molecule has 2 rings (SSSR count). The number of nitrogens with zero attached hydrogens (tertiary/aromatic N) is 2. The van der Waals surface area contributed by atoms with Gasteiger partial charge in [-0.25, -0.2) is 0 Å². The Morgan fingerprint density at radius 1 is 1.33 bits per heavy atom. The molecule has 2 aromatic rings. The van der Waals surface area contributed by atoms with E-state index in [9.17, 15) is 5.11 Å². The molecule has 0 atom stereocenters. The molecule has 0 radical (unpaired) electrons. The van der Waals surface area contributed by atoms with Gasteiger partial charge in [-0.3, -0.25) is 4.68 Å². The maximum absolute atomic E-state index is 9.28. The molecule has 1 aromatic carbocycles. The number of aliphatic hydroxyl groups is 1. The summed E-state index contributed by atoms with van der Waals surface area (Å²) >= 11 is 0. The third-order valence-electron chi connectivity index (χ3n) is 2.84. The zero-order valence-electron chi connectivity index (χ0n) is 10.9. The topological polar surface area (TPSA) is 47.3 Å². The van der Waals surface area contributed by atoms with Gasteiger partial charge in [0.05, 0.1) is 19.4 Å². The highest BCUT2D eigenvalue weighted by Gasteiger charge is 2.10. The van der Waals surface area contributed by atoms with E-state index in [0.717, 1.165) is 22.6 Å². The molecular formula is C14H18N2O2. The van der Waals surface area contributed by atoms with Crippen LogP contribution in [0.3, 0.4) is 0 Å². The standard InChI is InChI=1S/C14H18N2O2/c1-10(2)16-14(4-5-15-16)12-6-11(9-17)7-13(8-12)18-3/h4-8,10,17H,9H2,1-3H3. The van der Waals surface area contributed by atoms with Crippen LogP contribution in [0, 0.1) is 0 Å². The summed E-state index contributed by atoms with van der Waals surface area (Å²) in [6.07, 6.45) is 1.79. The third kappa shape index (κ3) is 2.38. The highest BCUT2D eigenvalue weighted by atomic mass is 16.5. The SMILES string of the molecule is COc1cc(CO)cc(-c2ccnn2C(C)C)c1. The van der Waals surface area contributed by atoms with Gasteiger partial charge in [-0.2, -0.15) is 5.10 Å². The van der Waals surface area contributed by atoms with Gasteiger partial charge in [-0.15, -0.1) is 0 Å². The summed E-state index contributed by atoms with van der Waals surface area (Å²) in [5.74, 6) is 0.744. The molecule has 4 nitrogen and oxygen atoms in total. The molecule has 0 aliphatic heterocycles. The highest BCUT2D eigenvalue weighted by Crippen LogP contribution is 2.27. The largest absolute Gasteiger partial charge is 0.497 e. The van der Waals surface area contributed by atoms with Crippen LogP contribution >= 0.6 is 0 Å². The first-order chi connectivity index (χ1) is 8.65. The van der Waals surface area contributed by atoms with E-state index in [1.54, 1.807) is 13.3 Å². The summed E-state index contributed by atoms with van der Waals surface area (Å²) in [6.45, 7) is 4.17. The second-order valence-electron chi connectivity index (χ2n) is 4.48. The van der Waals surface area contributed by atoms with Gasteiger partial charge in [0.25, 0.3) is 0 Å². The number of aliphatic hydroxyl groups excluding tert-OH is 1. The van der Waals surface area contributed by atoms with Gasteiger partial charge < -0.3 is 9.84 Å². The molecule has 0 saturated carbocycles. The Morgan fingerprint density at radius 3 is 2.72 bits per heavy atom. The Balaban J connectivity index is 2.52. The van der Waals surface area contributed by atoms with Crippen LogP contribution in [0.2, 0.25) is 0 Å². The molecule has 0 aliphatic rings. The van der Waals surface area contributed by atoms with Gasteiger partial charge in [-0.1, -0.05) is 0 Å². The number of rotatable bonds is 4. The Labute approximate surface area is 107 Å². The van der Waals surface area contributed by atoms with E-state index >= 15 is 0 Å². The summed E-state index contributed by atoms with van der Waals surface area (Å²) in [4.78, 5) is 0. The minimum Gasteiger partial charge on any atom is -0.497 e. The lowest BCUT2D eigenvalue weighted by Crippen LogP contribution is -2.04. The number of aromatic nitrogens is 2. The van der Waals surface area contributed by atoms with E-state index in [0.29, 0.717) is 6.04 Å². The van der Waals surface area contributed by atoms with Crippen molar-refractivity contribution in [3.8, 4) is 17.0 Å². The average Bonchev–Trinajstić information content (AvgIpc) is 2.87. The van der Waals surface area contributed by atoms with Crippen molar-refractivity contribution in [3.05, 3.63) is 36.0 Å². The molecule has 96 valence electrons. The van der Waals surface area contributed by atoms with Crippen LogP contribution in [0.15, 0.2) is 30.5 Å². The van der Waals surface area contributed by atoms with Gasteiger partial charge in [0.15, 0.2) is 0 Å². The predicted octanol–water partition coefficient (Wildman–Crippen LogP) is 2.63. The van der Waals surface area contributed by atoms with Crippen molar-refractivity contribution in [2.24, 2.45) is 0 Å². The molecular weight excluding hydrogens is 228 g/mol. The molecule has 1 aromatic heterocycles. The van der Waals surface area contributed by atoms with Gasteiger partial charge in [0, 0.05) is 17.8 Å². The summed E-state index contributed by atoms with van der Waals surface area (Å²) in [6, 6.07) is 8.00. The van der Waals surface area contributed by atoms with Crippen molar-refractivity contribution in [2.45, 2.75) is 26.5 Å². The predicted molar refractivity (Wildman–Crippen MR) is 70.5 cm³/mol. The zero-order valence-corrected chi connectivity index (χ0v) is 10.9. The fraction of sp³-hybridized carbons (Fsp3) is 0.357. The van der Waals surface area contributed by atoms with Gasteiger partial charge >= 0.3 is 0 Å². The van der Waals surface area contributed by atoms with Crippen molar-refractivity contribution >= 4 is 0 Å². The van der Waals surface area contributed by atoms with Crippen LogP contribution < -0.4 is 4.74 Å². The van der Waals surface area contributed by atoms with Crippen molar-refractivity contribution in [1.82, 2.24) is 9.78 Å². The smallest absolute Gasteiger partial charge is 0.119 e. The Kier molecular flexibility index (Phi) is 3.67. The average molecular weight is 246 g/mol. The minimum atomic E-state index is 0.0000156. The molecule has 0 amide bonds. The van der Waals surface area contributed by atoms with Crippen LogP contribution in [0.4, 0.5) is 0 Å². The molecule has 18 heavy (non-hydrogen) atoms. The molecule has 0 saturated heterocycles. The molecule has 0 spiro atoms. The van der Waals surface area contributed by atoms with E-state index in [1.165, 1.54) is 0 Å². The first-order valence-electron chi connectivity index (χ1n) is 5.98. The molecule has 0 bridgehead atoms. The van der Waals surface area contributed by atoms with Gasteiger partial charge in [0.2, 0.25) is 0 Å². The molecule has 0 fully saturated rings. The molecule has 1 N–H and O–H groups in total. The highest BCUT2D eigenvalue weighted by molar-refractivity contribution is 5.63. The monoisotopic (exact) mass is 246 g/mol. The molecule has 0 unspecified atom stereocenters. The zero-order chi connectivity index (χ0) is 13.1. The minimum absolute atomic E-state index is 0.0000156. The normalized spacial score (nSPS) is 10.9.